The van der Waals surface area contributed by atoms with Crippen LogP contribution in [0, 0.1) is 6.92 Å². The third kappa shape index (κ3) is 1.79. The van der Waals surface area contributed by atoms with Crippen LogP contribution in [0.25, 0.3) is 5.69 Å². The monoisotopic (exact) mass is 299 g/mol. The summed E-state index contributed by atoms with van der Waals surface area (Å²) in [5, 5.41) is 8.75. The van der Waals surface area contributed by atoms with Crippen LogP contribution >= 0.6 is 22.6 Å². The summed E-state index contributed by atoms with van der Waals surface area (Å²) in [4.78, 5) is 1.68. The number of hydrogen-bond donors (Lipinski definition) is 0. The lowest BCUT2D eigenvalue weighted by atomic mass is 10.3. The van der Waals surface area contributed by atoms with Crippen LogP contribution in [-0.4, -0.2) is 15.0 Å². The van der Waals surface area contributed by atoms with E-state index in [9.17, 15) is 0 Å². The van der Waals surface area contributed by atoms with E-state index in [0.29, 0.717) is 0 Å². The third-order valence-corrected chi connectivity index (χ3v) is 2.71. The topological polar surface area (TPSA) is 30.7 Å². The van der Waals surface area contributed by atoms with Crippen LogP contribution in [0.4, 0.5) is 0 Å². The predicted octanol–water partition coefficient (Wildman–Crippen LogP) is 2.51. The van der Waals surface area contributed by atoms with Gasteiger partial charge in [0.05, 0.1) is 17.1 Å². The van der Waals surface area contributed by atoms with Gasteiger partial charge in [0.25, 0.3) is 0 Å². The molecular weight excluding hydrogens is 289 g/mol. The smallest absolute Gasteiger partial charge is 0.0958 e. The van der Waals surface area contributed by atoms with Gasteiger partial charge < -0.3 is 0 Å². The molecule has 2 rings (SSSR count). The van der Waals surface area contributed by atoms with Crippen LogP contribution in [0.3, 0.4) is 0 Å². The molecule has 0 bridgehead atoms. The zero-order valence-electron chi connectivity index (χ0n) is 7.81. The van der Waals surface area contributed by atoms with Crippen LogP contribution < -0.4 is 0 Å². The van der Waals surface area contributed by atoms with Gasteiger partial charge >= 0.3 is 0 Å². The van der Waals surface area contributed by atoms with Gasteiger partial charge in [-0.2, -0.15) is 15.0 Å². The number of aryl methyl sites for hydroxylation is 1. The summed E-state index contributed by atoms with van der Waals surface area (Å²) in [5.41, 5.74) is 3.06. The van der Waals surface area contributed by atoms with Crippen molar-refractivity contribution in [1.82, 2.24) is 15.0 Å². The molecule has 1 aromatic carbocycles. The standard InChI is InChI=1S/C10H10IN3/c1-8-10(7-11)13-14(12-8)9-5-3-2-4-6-9/h2-6H,7H2,1H3. The summed E-state index contributed by atoms with van der Waals surface area (Å²) in [6, 6.07) is 9.95. The fraction of sp³-hybridized carbons (Fsp3) is 0.200. The molecule has 2 aromatic rings. The first-order valence-corrected chi connectivity index (χ1v) is 5.88. The molecule has 0 spiro atoms. The van der Waals surface area contributed by atoms with Gasteiger partial charge in [0.2, 0.25) is 0 Å². The molecular formula is C10H10IN3. The first-order chi connectivity index (χ1) is 6.81. The number of nitrogens with zero attached hydrogens (tertiary/aromatic N) is 3. The molecule has 0 aliphatic carbocycles. The highest BCUT2D eigenvalue weighted by Crippen LogP contribution is 2.10. The molecule has 0 saturated heterocycles. The van der Waals surface area contributed by atoms with Gasteiger partial charge in [0.15, 0.2) is 0 Å². The van der Waals surface area contributed by atoms with Crippen molar-refractivity contribution in [2.75, 3.05) is 0 Å². The largest absolute Gasteiger partial charge is 0.153 e. The highest BCUT2D eigenvalue weighted by molar-refractivity contribution is 14.1. The Morgan fingerprint density at radius 1 is 1.21 bits per heavy atom. The van der Waals surface area contributed by atoms with Crippen molar-refractivity contribution in [1.29, 1.82) is 0 Å². The second-order valence-electron chi connectivity index (χ2n) is 2.99. The molecule has 0 radical (unpaired) electrons. The minimum absolute atomic E-state index is 0.899. The van der Waals surface area contributed by atoms with Gasteiger partial charge in [0.1, 0.15) is 0 Å². The van der Waals surface area contributed by atoms with Gasteiger partial charge in [-0.25, -0.2) is 0 Å². The van der Waals surface area contributed by atoms with Crippen LogP contribution in [0.15, 0.2) is 30.3 Å². The van der Waals surface area contributed by atoms with E-state index >= 15 is 0 Å². The maximum absolute atomic E-state index is 4.40. The van der Waals surface area contributed by atoms with E-state index in [4.69, 9.17) is 0 Å². The van der Waals surface area contributed by atoms with Crippen molar-refractivity contribution in [3.8, 4) is 5.69 Å². The molecule has 1 heterocycles. The van der Waals surface area contributed by atoms with Crippen molar-refractivity contribution in [3.05, 3.63) is 41.7 Å². The molecule has 4 heteroatoms. The summed E-state index contributed by atoms with van der Waals surface area (Å²) in [6.45, 7) is 1.99. The van der Waals surface area contributed by atoms with Gasteiger partial charge in [-0.1, -0.05) is 40.8 Å². The normalized spacial score (nSPS) is 10.4. The van der Waals surface area contributed by atoms with Crippen molar-refractivity contribution >= 4 is 22.6 Å². The minimum atomic E-state index is 0.899. The number of aromatic nitrogens is 3. The molecule has 0 aliphatic rings. The number of rotatable bonds is 2. The Hall–Kier alpha value is -0.910. The summed E-state index contributed by atoms with van der Waals surface area (Å²) >= 11 is 2.30. The molecule has 0 saturated carbocycles. The third-order valence-electron chi connectivity index (χ3n) is 1.99. The lowest BCUT2D eigenvalue weighted by Gasteiger charge is -1.96. The number of para-hydroxylation sites is 1. The number of alkyl halides is 1. The molecule has 0 fully saturated rings. The summed E-state index contributed by atoms with van der Waals surface area (Å²) < 4.78 is 0.899. The molecule has 72 valence electrons. The Morgan fingerprint density at radius 3 is 2.50 bits per heavy atom. The minimum Gasteiger partial charge on any atom is -0.153 e. The Kier molecular flexibility index (Phi) is 2.81. The van der Waals surface area contributed by atoms with Gasteiger partial charge in [-0.3, -0.25) is 0 Å². The van der Waals surface area contributed by atoms with Crippen LogP contribution in [0.2, 0.25) is 0 Å². The van der Waals surface area contributed by atoms with Gasteiger partial charge in [-0.05, 0) is 19.1 Å². The van der Waals surface area contributed by atoms with Crippen molar-refractivity contribution in [2.45, 2.75) is 11.4 Å². The number of hydrogen-bond acceptors (Lipinski definition) is 2. The first-order valence-electron chi connectivity index (χ1n) is 4.35. The maximum Gasteiger partial charge on any atom is 0.0958 e. The Labute approximate surface area is 96.3 Å². The predicted molar refractivity (Wildman–Crippen MR) is 63.8 cm³/mol. The molecule has 0 atom stereocenters. The fourth-order valence-corrected chi connectivity index (χ4v) is 1.91. The van der Waals surface area contributed by atoms with Crippen molar-refractivity contribution in [3.63, 3.8) is 0 Å². The lowest BCUT2D eigenvalue weighted by molar-refractivity contribution is 0.741. The van der Waals surface area contributed by atoms with Gasteiger partial charge in [0, 0.05) is 4.43 Å². The number of benzene rings is 1. The molecule has 0 amide bonds. The van der Waals surface area contributed by atoms with Crippen LogP contribution in [0.1, 0.15) is 11.4 Å². The Morgan fingerprint density at radius 2 is 1.93 bits per heavy atom. The Balaban J connectivity index is 2.43. The molecule has 0 N–H and O–H groups in total. The molecule has 14 heavy (non-hydrogen) atoms. The number of halogens is 1. The maximum atomic E-state index is 4.40. The highest BCUT2D eigenvalue weighted by Gasteiger charge is 2.05. The molecule has 0 aliphatic heterocycles. The van der Waals surface area contributed by atoms with E-state index < -0.39 is 0 Å². The lowest BCUT2D eigenvalue weighted by Crippen LogP contribution is -1.98. The Bertz CT molecular complexity index is 422. The van der Waals surface area contributed by atoms with Crippen LogP contribution in [0.5, 0.6) is 0 Å². The van der Waals surface area contributed by atoms with Crippen molar-refractivity contribution < 1.29 is 0 Å². The summed E-state index contributed by atoms with van der Waals surface area (Å²) in [7, 11) is 0. The van der Waals surface area contributed by atoms with Crippen molar-refractivity contribution in [2.24, 2.45) is 0 Å². The van der Waals surface area contributed by atoms with Crippen LogP contribution in [-0.2, 0) is 4.43 Å². The zero-order chi connectivity index (χ0) is 9.97. The summed E-state index contributed by atoms with van der Waals surface area (Å²) in [5.74, 6) is 0. The first kappa shape index (κ1) is 9.64. The SMILES string of the molecule is Cc1nn(-c2ccccc2)nc1CI. The zero-order valence-corrected chi connectivity index (χ0v) is 9.97. The second kappa shape index (κ2) is 4.08. The quantitative estimate of drug-likeness (QED) is 0.630. The van der Waals surface area contributed by atoms with E-state index in [1.54, 1.807) is 4.80 Å². The van der Waals surface area contributed by atoms with E-state index in [1.165, 1.54) is 0 Å². The average molecular weight is 299 g/mol. The van der Waals surface area contributed by atoms with E-state index in [-0.39, 0.29) is 0 Å². The van der Waals surface area contributed by atoms with E-state index in [0.717, 1.165) is 21.5 Å². The average Bonchev–Trinajstić information content (AvgIpc) is 2.61. The fourth-order valence-electron chi connectivity index (χ4n) is 1.21. The highest BCUT2D eigenvalue weighted by atomic mass is 127. The second-order valence-corrected chi connectivity index (χ2v) is 3.75. The van der Waals surface area contributed by atoms with Gasteiger partial charge in [-0.15, -0.1) is 0 Å². The van der Waals surface area contributed by atoms with E-state index in [1.807, 2.05) is 37.3 Å². The van der Waals surface area contributed by atoms with E-state index in [2.05, 4.69) is 32.8 Å². The molecule has 0 unspecified atom stereocenters. The molecule has 3 nitrogen and oxygen atoms in total. The summed E-state index contributed by atoms with van der Waals surface area (Å²) in [6.07, 6.45) is 0. The molecule has 1 aromatic heterocycles.